The van der Waals surface area contributed by atoms with Gasteiger partial charge in [-0.05, 0) is 30.5 Å². The molecule has 0 bridgehead atoms. The number of benzene rings is 1. The molecule has 1 aromatic rings. The van der Waals surface area contributed by atoms with Crippen molar-refractivity contribution in [1.29, 1.82) is 0 Å². The van der Waals surface area contributed by atoms with Gasteiger partial charge in [-0.25, -0.2) is 13.1 Å². The lowest BCUT2D eigenvalue weighted by Crippen LogP contribution is -2.35. The third-order valence-electron chi connectivity index (χ3n) is 3.47. The standard InChI is InChI=1S/C14H20ClNO2S/c15-13-9-7-12(8-10-13)11-19(17,18)16-14-5-3-1-2-4-6-14/h7-10,14,16H,1-6,11H2. The van der Waals surface area contributed by atoms with Crippen molar-refractivity contribution in [2.75, 3.05) is 0 Å². The van der Waals surface area contributed by atoms with E-state index in [2.05, 4.69) is 4.72 Å². The van der Waals surface area contributed by atoms with E-state index in [1.54, 1.807) is 24.3 Å². The molecule has 1 aliphatic carbocycles. The van der Waals surface area contributed by atoms with Crippen molar-refractivity contribution in [3.05, 3.63) is 34.9 Å². The molecule has 2 rings (SSSR count). The van der Waals surface area contributed by atoms with Crippen molar-refractivity contribution in [2.24, 2.45) is 0 Å². The largest absolute Gasteiger partial charge is 0.216 e. The van der Waals surface area contributed by atoms with Crippen molar-refractivity contribution in [3.8, 4) is 0 Å². The first kappa shape index (κ1) is 14.8. The highest BCUT2D eigenvalue weighted by Gasteiger charge is 2.19. The van der Waals surface area contributed by atoms with Crippen LogP contribution in [-0.2, 0) is 15.8 Å². The molecule has 0 atom stereocenters. The fourth-order valence-electron chi connectivity index (χ4n) is 2.49. The molecule has 1 aromatic carbocycles. The van der Waals surface area contributed by atoms with Gasteiger partial charge in [-0.3, -0.25) is 0 Å². The van der Waals surface area contributed by atoms with Crippen molar-refractivity contribution < 1.29 is 8.42 Å². The molecule has 0 saturated heterocycles. The lowest BCUT2D eigenvalue weighted by molar-refractivity contribution is 0.509. The van der Waals surface area contributed by atoms with E-state index in [4.69, 9.17) is 11.6 Å². The highest BCUT2D eigenvalue weighted by molar-refractivity contribution is 7.88. The summed E-state index contributed by atoms with van der Waals surface area (Å²) in [5.41, 5.74) is 0.769. The minimum absolute atomic E-state index is 0.0284. The van der Waals surface area contributed by atoms with Crippen molar-refractivity contribution in [2.45, 2.75) is 50.3 Å². The molecule has 3 nitrogen and oxygen atoms in total. The van der Waals surface area contributed by atoms with E-state index >= 15 is 0 Å². The lowest BCUT2D eigenvalue weighted by Gasteiger charge is -2.16. The number of sulfonamides is 1. The Morgan fingerprint density at radius 1 is 1.05 bits per heavy atom. The molecule has 0 aliphatic heterocycles. The van der Waals surface area contributed by atoms with Crippen LogP contribution in [0.15, 0.2) is 24.3 Å². The number of halogens is 1. The van der Waals surface area contributed by atoms with Crippen molar-refractivity contribution in [1.82, 2.24) is 4.72 Å². The van der Waals surface area contributed by atoms with Crippen LogP contribution in [0.2, 0.25) is 5.02 Å². The minimum Gasteiger partial charge on any atom is -0.212 e. The molecule has 19 heavy (non-hydrogen) atoms. The Hall–Kier alpha value is -0.580. The Balaban J connectivity index is 1.95. The van der Waals surface area contributed by atoms with E-state index in [0.717, 1.165) is 31.2 Å². The third-order valence-corrected chi connectivity index (χ3v) is 5.13. The van der Waals surface area contributed by atoms with Crippen molar-refractivity contribution in [3.63, 3.8) is 0 Å². The summed E-state index contributed by atoms with van der Waals surface area (Å²) in [5, 5.41) is 0.623. The van der Waals surface area contributed by atoms with E-state index in [1.807, 2.05) is 0 Å². The number of nitrogens with one attached hydrogen (secondary N) is 1. The van der Waals surface area contributed by atoms with Gasteiger partial charge in [0.05, 0.1) is 5.75 Å². The van der Waals surface area contributed by atoms with Gasteiger partial charge < -0.3 is 0 Å². The minimum atomic E-state index is -3.26. The lowest BCUT2D eigenvalue weighted by atomic mass is 10.1. The zero-order chi connectivity index (χ0) is 13.7. The average molecular weight is 302 g/mol. The first-order chi connectivity index (χ1) is 9.05. The molecule has 0 radical (unpaired) electrons. The van der Waals surface area contributed by atoms with Gasteiger partial charge in [0.15, 0.2) is 0 Å². The molecule has 0 aromatic heterocycles. The van der Waals surface area contributed by atoms with Gasteiger partial charge in [0, 0.05) is 11.1 Å². The van der Waals surface area contributed by atoms with Gasteiger partial charge in [-0.15, -0.1) is 0 Å². The van der Waals surface area contributed by atoms with Crippen molar-refractivity contribution >= 4 is 21.6 Å². The van der Waals surface area contributed by atoms with Gasteiger partial charge >= 0.3 is 0 Å². The molecule has 1 saturated carbocycles. The zero-order valence-corrected chi connectivity index (χ0v) is 12.5. The van der Waals surface area contributed by atoms with Crippen LogP contribution in [0.5, 0.6) is 0 Å². The molecule has 106 valence electrons. The summed E-state index contributed by atoms with van der Waals surface area (Å²) < 4.78 is 27.1. The average Bonchev–Trinajstić information content (AvgIpc) is 2.60. The highest BCUT2D eigenvalue weighted by Crippen LogP contribution is 2.19. The molecular formula is C14H20ClNO2S. The maximum Gasteiger partial charge on any atom is 0.216 e. The summed E-state index contributed by atoms with van der Waals surface area (Å²) in [6.45, 7) is 0. The van der Waals surface area contributed by atoms with E-state index in [9.17, 15) is 8.42 Å². The van der Waals surface area contributed by atoms with Crippen LogP contribution in [-0.4, -0.2) is 14.5 Å². The van der Waals surface area contributed by atoms with Crippen LogP contribution < -0.4 is 4.72 Å². The van der Waals surface area contributed by atoms with Gasteiger partial charge in [0.2, 0.25) is 10.0 Å². The Labute approximate surface area is 120 Å². The van der Waals surface area contributed by atoms with Crippen LogP contribution in [0.3, 0.4) is 0 Å². The monoisotopic (exact) mass is 301 g/mol. The first-order valence-corrected chi connectivity index (χ1v) is 8.83. The van der Waals surface area contributed by atoms with Crippen LogP contribution in [0.25, 0.3) is 0 Å². The molecular weight excluding hydrogens is 282 g/mol. The molecule has 5 heteroatoms. The molecule has 1 fully saturated rings. The molecule has 1 aliphatic rings. The molecule has 0 spiro atoms. The van der Waals surface area contributed by atoms with E-state index < -0.39 is 10.0 Å². The summed E-state index contributed by atoms with van der Waals surface area (Å²) in [4.78, 5) is 0. The normalized spacial score (nSPS) is 18.2. The smallest absolute Gasteiger partial charge is 0.212 e. The second-order valence-electron chi connectivity index (χ2n) is 5.19. The second-order valence-corrected chi connectivity index (χ2v) is 7.38. The molecule has 0 amide bonds. The number of hydrogen-bond donors (Lipinski definition) is 1. The fourth-order valence-corrected chi connectivity index (χ4v) is 4.08. The summed E-state index contributed by atoms with van der Waals surface area (Å²) in [5.74, 6) is 0.0284. The molecule has 1 N–H and O–H groups in total. The van der Waals surface area contributed by atoms with E-state index in [0.29, 0.717) is 5.02 Å². The van der Waals surface area contributed by atoms with E-state index in [1.165, 1.54) is 12.8 Å². The fraction of sp³-hybridized carbons (Fsp3) is 0.571. The maximum atomic E-state index is 12.1. The Kier molecular flexibility index (Phi) is 5.25. The number of rotatable bonds is 4. The predicted octanol–water partition coefficient (Wildman–Crippen LogP) is 3.48. The SMILES string of the molecule is O=S(=O)(Cc1ccc(Cl)cc1)NC1CCCCCC1. The zero-order valence-electron chi connectivity index (χ0n) is 10.9. The Morgan fingerprint density at radius 2 is 1.63 bits per heavy atom. The maximum absolute atomic E-state index is 12.1. The van der Waals surface area contributed by atoms with Gasteiger partial charge in [-0.2, -0.15) is 0 Å². The topological polar surface area (TPSA) is 46.2 Å². The number of hydrogen-bond acceptors (Lipinski definition) is 2. The quantitative estimate of drug-likeness (QED) is 0.865. The van der Waals surface area contributed by atoms with Gasteiger partial charge in [0.1, 0.15) is 0 Å². The predicted molar refractivity (Wildman–Crippen MR) is 78.7 cm³/mol. The van der Waals surface area contributed by atoms with Crippen LogP contribution >= 0.6 is 11.6 Å². The Morgan fingerprint density at radius 3 is 2.21 bits per heavy atom. The highest BCUT2D eigenvalue weighted by atomic mass is 35.5. The summed E-state index contributed by atoms with van der Waals surface area (Å²) in [6, 6.07) is 7.07. The molecule has 0 unspecified atom stereocenters. The second kappa shape index (κ2) is 6.73. The van der Waals surface area contributed by atoms with Crippen LogP contribution in [0.1, 0.15) is 44.1 Å². The van der Waals surface area contributed by atoms with Gasteiger partial charge in [0.25, 0.3) is 0 Å². The third kappa shape index (κ3) is 5.13. The summed E-state index contributed by atoms with van der Waals surface area (Å²) in [7, 11) is -3.26. The van der Waals surface area contributed by atoms with Gasteiger partial charge in [-0.1, -0.05) is 49.4 Å². The van der Waals surface area contributed by atoms with Crippen LogP contribution in [0, 0.1) is 0 Å². The summed E-state index contributed by atoms with van der Waals surface area (Å²) in [6.07, 6.45) is 6.59. The summed E-state index contributed by atoms with van der Waals surface area (Å²) >= 11 is 5.79. The first-order valence-electron chi connectivity index (χ1n) is 6.80. The van der Waals surface area contributed by atoms with E-state index in [-0.39, 0.29) is 11.8 Å². The molecule has 0 heterocycles. The van der Waals surface area contributed by atoms with Crippen LogP contribution in [0.4, 0.5) is 0 Å². The Bertz CT molecular complexity index is 491.